The van der Waals surface area contributed by atoms with Crippen molar-refractivity contribution in [2.75, 3.05) is 11.4 Å². The fraction of sp³-hybridized carbons (Fsp3) is 0.273. The van der Waals surface area contributed by atoms with Crippen LogP contribution in [-0.2, 0) is 23.9 Å². The molecule has 1 fully saturated rings. The molecule has 8 nitrogen and oxygen atoms in total. The molecule has 0 bridgehead atoms. The molecule has 0 aromatic heterocycles. The maximum Gasteiger partial charge on any atom is 0.306 e. The Morgan fingerprint density at radius 1 is 1.03 bits per heavy atom. The Hall–Kier alpha value is -3.33. The highest BCUT2D eigenvalue weighted by Gasteiger charge is 2.32. The number of fused-ring (bicyclic) bond motifs is 1. The number of nitrogens with zero attached hydrogens (tertiary/aromatic N) is 1. The molecule has 0 saturated carbocycles. The van der Waals surface area contributed by atoms with E-state index in [-0.39, 0.29) is 37.0 Å². The van der Waals surface area contributed by atoms with Gasteiger partial charge in [0.25, 0.3) is 11.8 Å². The van der Waals surface area contributed by atoms with Crippen molar-refractivity contribution >= 4 is 41.1 Å². The first kappa shape index (κ1) is 20.9. The van der Waals surface area contributed by atoms with E-state index in [9.17, 15) is 19.2 Å². The van der Waals surface area contributed by atoms with Gasteiger partial charge in [-0.25, -0.2) is 0 Å². The second-order valence-corrected chi connectivity index (χ2v) is 8.47. The highest BCUT2D eigenvalue weighted by Crippen LogP contribution is 2.45. The van der Waals surface area contributed by atoms with Crippen LogP contribution in [0.2, 0.25) is 0 Å². The number of rotatable bonds is 4. The molecule has 160 valence electrons. The Kier molecular flexibility index (Phi) is 6.22. The van der Waals surface area contributed by atoms with Crippen molar-refractivity contribution in [2.24, 2.45) is 0 Å². The van der Waals surface area contributed by atoms with Crippen molar-refractivity contribution in [3.05, 3.63) is 60.2 Å². The SMILES string of the molecule is O=C(CN1C(=O)CC(c2ccccc2)Sc2ccccc21)NNC(=O)[C@@H]1CCC(=O)O1. The minimum Gasteiger partial charge on any atom is -0.452 e. The zero-order chi connectivity index (χ0) is 21.8. The molecule has 2 atom stereocenters. The van der Waals surface area contributed by atoms with Crippen LogP contribution in [0.4, 0.5) is 5.69 Å². The highest BCUT2D eigenvalue weighted by molar-refractivity contribution is 7.99. The average Bonchev–Trinajstić information content (AvgIpc) is 3.17. The smallest absolute Gasteiger partial charge is 0.306 e. The molecule has 2 aromatic rings. The van der Waals surface area contributed by atoms with Crippen LogP contribution in [0.3, 0.4) is 0 Å². The van der Waals surface area contributed by atoms with Crippen LogP contribution in [-0.4, -0.2) is 36.3 Å². The van der Waals surface area contributed by atoms with E-state index < -0.39 is 23.9 Å². The number of anilines is 1. The number of benzene rings is 2. The Balaban J connectivity index is 1.45. The Morgan fingerprint density at radius 2 is 1.77 bits per heavy atom. The van der Waals surface area contributed by atoms with E-state index in [1.54, 1.807) is 17.8 Å². The van der Waals surface area contributed by atoms with Gasteiger partial charge in [-0.15, -0.1) is 11.8 Å². The van der Waals surface area contributed by atoms with Gasteiger partial charge in [0.1, 0.15) is 6.54 Å². The number of amides is 3. The third-order valence-electron chi connectivity index (χ3n) is 5.06. The Labute approximate surface area is 183 Å². The first-order valence-corrected chi connectivity index (χ1v) is 10.8. The van der Waals surface area contributed by atoms with E-state index in [2.05, 4.69) is 10.9 Å². The number of hydrogen-bond donors (Lipinski definition) is 2. The number of hydrogen-bond acceptors (Lipinski definition) is 6. The summed E-state index contributed by atoms with van der Waals surface area (Å²) in [6.07, 6.45) is -0.223. The summed E-state index contributed by atoms with van der Waals surface area (Å²) in [5.74, 6) is -1.77. The van der Waals surface area contributed by atoms with Gasteiger partial charge in [0, 0.05) is 29.4 Å². The van der Waals surface area contributed by atoms with Crippen molar-refractivity contribution in [2.45, 2.75) is 35.5 Å². The van der Waals surface area contributed by atoms with Crippen LogP contribution < -0.4 is 15.8 Å². The first-order valence-electron chi connectivity index (χ1n) is 9.90. The molecule has 2 N–H and O–H groups in total. The number of thioether (sulfide) groups is 1. The zero-order valence-electron chi connectivity index (χ0n) is 16.6. The second kappa shape index (κ2) is 9.22. The van der Waals surface area contributed by atoms with Crippen LogP contribution in [0.15, 0.2) is 59.5 Å². The summed E-state index contributed by atoms with van der Waals surface area (Å²) in [4.78, 5) is 51.0. The quantitative estimate of drug-likeness (QED) is 0.559. The Morgan fingerprint density at radius 3 is 2.52 bits per heavy atom. The fourth-order valence-electron chi connectivity index (χ4n) is 3.51. The van der Waals surface area contributed by atoms with Gasteiger partial charge in [0.05, 0.1) is 5.69 Å². The lowest BCUT2D eigenvalue weighted by Gasteiger charge is -2.22. The largest absolute Gasteiger partial charge is 0.452 e. The van der Waals surface area contributed by atoms with Crippen molar-refractivity contribution in [1.82, 2.24) is 10.9 Å². The lowest BCUT2D eigenvalue weighted by Crippen LogP contribution is -2.50. The van der Waals surface area contributed by atoms with Crippen molar-refractivity contribution in [1.29, 1.82) is 0 Å². The molecule has 1 saturated heterocycles. The van der Waals surface area contributed by atoms with E-state index in [4.69, 9.17) is 4.74 Å². The van der Waals surface area contributed by atoms with Crippen LogP contribution >= 0.6 is 11.8 Å². The monoisotopic (exact) mass is 439 g/mol. The summed E-state index contributed by atoms with van der Waals surface area (Å²) in [5, 5.41) is -0.0698. The number of nitrogens with one attached hydrogen (secondary N) is 2. The molecular weight excluding hydrogens is 418 g/mol. The van der Waals surface area contributed by atoms with Gasteiger partial charge in [-0.1, -0.05) is 42.5 Å². The third kappa shape index (κ3) is 4.88. The first-order chi connectivity index (χ1) is 15.0. The van der Waals surface area contributed by atoms with Gasteiger partial charge < -0.3 is 9.64 Å². The number of carbonyl (C=O) groups is 4. The predicted molar refractivity (Wildman–Crippen MR) is 114 cm³/mol. The zero-order valence-corrected chi connectivity index (χ0v) is 17.4. The molecule has 2 aliphatic heterocycles. The van der Waals surface area contributed by atoms with Gasteiger partial charge in [0.15, 0.2) is 6.10 Å². The molecule has 0 radical (unpaired) electrons. The summed E-state index contributed by atoms with van der Waals surface area (Å²) < 4.78 is 4.87. The molecule has 9 heteroatoms. The average molecular weight is 439 g/mol. The van der Waals surface area contributed by atoms with E-state index in [1.165, 1.54) is 4.90 Å². The summed E-state index contributed by atoms with van der Waals surface area (Å²) in [6, 6.07) is 17.2. The van der Waals surface area contributed by atoms with Gasteiger partial charge >= 0.3 is 5.97 Å². The second-order valence-electron chi connectivity index (χ2n) is 7.22. The Bertz CT molecular complexity index is 1010. The number of ether oxygens (including phenoxy) is 1. The molecule has 0 spiro atoms. The van der Waals surface area contributed by atoms with E-state index in [0.717, 1.165) is 10.5 Å². The number of hydrazine groups is 1. The van der Waals surface area contributed by atoms with Crippen LogP contribution in [0.1, 0.15) is 30.1 Å². The molecule has 3 amide bonds. The molecule has 1 unspecified atom stereocenters. The number of cyclic esters (lactones) is 1. The maximum atomic E-state index is 13.1. The number of para-hydroxylation sites is 1. The van der Waals surface area contributed by atoms with Gasteiger partial charge in [-0.2, -0.15) is 0 Å². The normalized spacial score (nSPS) is 20.5. The molecule has 31 heavy (non-hydrogen) atoms. The number of esters is 1. The molecule has 2 heterocycles. The summed E-state index contributed by atoms with van der Waals surface area (Å²) in [5.41, 5.74) is 6.27. The van der Waals surface area contributed by atoms with Crippen molar-refractivity contribution in [3.8, 4) is 0 Å². The third-order valence-corrected chi connectivity index (χ3v) is 6.38. The topological polar surface area (TPSA) is 105 Å². The summed E-state index contributed by atoms with van der Waals surface area (Å²) in [6.45, 7) is -0.247. The lowest BCUT2D eigenvalue weighted by molar-refractivity contribution is -0.148. The molecule has 4 rings (SSSR count). The van der Waals surface area contributed by atoms with Gasteiger partial charge in [0.2, 0.25) is 5.91 Å². The highest BCUT2D eigenvalue weighted by atomic mass is 32.2. The van der Waals surface area contributed by atoms with E-state index in [1.807, 2.05) is 48.5 Å². The lowest BCUT2D eigenvalue weighted by atomic mass is 10.1. The van der Waals surface area contributed by atoms with Crippen molar-refractivity contribution < 1.29 is 23.9 Å². The standard InChI is InChI=1S/C22H21N3O5S/c26-19(23-24-22(29)16-10-11-21(28)30-16)13-25-15-8-4-5-9-17(15)31-18(12-20(25)27)14-6-2-1-3-7-14/h1-9,16,18H,10-13H2,(H,23,26)(H,24,29)/t16-,18?/m0/s1. The summed E-state index contributed by atoms with van der Waals surface area (Å²) in [7, 11) is 0. The molecule has 2 aromatic carbocycles. The van der Waals surface area contributed by atoms with Gasteiger partial charge in [-0.3, -0.25) is 30.0 Å². The summed E-state index contributed by atoms with van der Waals surface area (Å²) >= 11 is 1.59. The van der Waals surface area contributed by atoms with Gasteiger partial charge in [-0.05, 0) is 17.7 Å². The maximum absolute atomic E-state index is 13.1. The van der Waals surface area contributed by atoms with E-state index in [0.29, 0.717) is 5.69 Å². The minimum atomic E-state index is -0.906. The molecule has 0 aliphatic carbocycles. The minimum absolute atomic E-state index is 0.0698. The van der Waals surface area contributed by atoms with E-state index >= 15 is 0 Å². The fourth-order valence-corrected chi connectivity index (χ4v) is 4.79. The predicted octanol–water partition coefficient (Wildman–Crippen LogP) is 2.11. The number of carbonyl (C=O) groups excluding carboxylic acids is 4. The van der Waals surface area contributed by atoms with Crippen LogP contribution in [0.5, 0.6) is 0 Å². The van der Waals surface area contributed by atoms with Crippen LogP contribution in [0.25, 0.3) is 0 Å². The van der Waals surface area contributed by atoms with Crippen molar-refractivity contribution in [3.63, 3.8) is 0 Å². The molecule has 2 aliphatic rings. The molecular formula is C22H21N3O5S. The van der Waals surface area contributed by atoms with Crippen LogP contribution in [0, 0.1) is 0 Å².